The summed E-state index contributed by atoms with van der Waals surface area (Å²) in [6, 6.07) is 19.0. The third-order valence-electron chi connectivity index (χ3n) is 4.87. The molecule has 0 saturated heterocycles. The van der Waals surface area contributed by atoms with Gasteiger partial charge in [-0.1, -0.05) is 48.5 Å². The second-order valence-corrected chi connectivity index (χ2v) is 9.39. The van der Waals surface area contributed by atoms with Crippen LogP contribution in [0.4, 0.5) is 0 Å². The lowest BCUT2D eigenvalue weighted by Gasteiger charge is -2.26. The second-order valence-electron chi connectivity index (χ2n) is 6.66. The quantitative estimate of drug-likeness (QED) is 0.688. The first-order chi connectivity index (χ1) is 13.1. The first-order valence-electron chi connectivity index (χ1n) is 9.05. The van der Waals surface area contributed by atoms with Crippen LogP contribution in [0.25, 0.3) is 11.1 Å². The third kappa shape index (κ3) is 4.14. The van der Waals surface area contributed by atoms with Gasteiger partial charge in [-0.15, -0.1) is 11.3 Å². The van der Waals surface area contributed by atoms with Gasteiger partial charge in [-0.3, -0.25) is 4.90 Å². The molecular formula is C21H22N2O2S2. The smallest absolute Gasteiger partial charge is 0.241 e. The van der Waals surface area contributed by atoms with Gasteiger partial charge in [0.05, 0.1) is 4.90 Å². The second kappa shape index (κ2) is 7.94. The van der Waals surface area contributed by atoms with Crippen molar-refractivity contribution in [3.8, 4) is 11.1 Å². The highest BCUT2D eigenvalue weighted by atomic mass is 32.2. The Balaban J connectivity index is 1.44. The molecule has 1 aliphatic rings. The zero-order valence-electron chi connectivity index (χ0n) is 15.0. The van der Waals surface area contributed by atoms with Crippen LogP contribution in [-0.2, 0) is 23.0 Å². The van der Waals surface area contributed by atoms with Crippen LogP contribution in [0, 0.1) is 0 Å². The van der Waals surface area contributed by atoms with E-state index in [4.69, 9.17) is 0 Å². The SMILES string of the molecule is O=S(=O)(NCCN1CCc2sccc2C1)c1ccccc1-c1ccccc1. The number of fused-ring (bicyclic) bond motifs is 1. The van der Waals surface area contributed by atoms with E-state index in [1.807, 2.05) is 53.8 Å². The zero-order chi connectivity index (χ0) is 18.7. The van der Waals surface area contributed by atoms with Gasteiger partial charge in [-0.2, -0.15) is 0 Å². The number of thiophene rings is 1. The lowest BCUT2D eigenvalue weighted by molar-refractivity contribution is 0.260. The Morgan fingerprint density at radius 1 is 1.00 bits per heavy atom. The molecule has 0 bridgehead atoms. The van der Waals surface area contributed by atoms with Gasteiger partial charge in [-0.05, 0) is 35.1 Å². The van der Waals surface area contributed by atoms with Crippen molar-refractivity contribution in [1.82, 2.24) is 9.62 Å². The molecule has 2 aromatic carbocycles. The minimum Gasteiger partial charge on any atom is -0.297 e. The standard InChI is InChI=1S/C21H22N2O2S2/c24-27(25,21-9-5-4-8-19(21)17-6-2-1-3-7-17)22-12-14-23-13-10-20-18(16-23)11-15-26-20/h1-9,11,15,22H,10,12-14,16H2. The largest absolute Gasteiger partial charge is 0.297 e. The third-order valence-corrected chi connectivity index (χ3v) is 7.41. The number of nitrogens with zero attached hydrogens (tertiary/aromatic N) is 1. The van der Waals surface area contributed by atoms with Crippen LogP contribution in [-0.4, -0.2) is 33.0 Å². The molecule has 2 heterocycles. The fraction of sp³-hybridized carbons (Fsp3) is 0.238. The van der Waals surface area contributed by atoms with Gasteiger partial charge < -0.3 is 0 Å². The minimum atomic E-state index is -3.56. The first kappa shape index (κ1) is 18.4. The van der Waals surface area contributed by atoms with Crippen LogP contribution in [0.1, 0.15) is 10.4 Å². The van der Waals surface area contributed by atoms with E-state index in [1.165, 1.54) is 10.4 Å². The summed E-state index contributed by atoms with van der Waals surface area (Å²) in [5, 5.41) is 2.14. The lowest BCUT2D eigenvalue weighted by atomic mass is 10.1. The zero-order valence-corrected chi connectivity index (χ0v) is 16.6. The Labute approximate surface area is 164 Å². The molecular weight excluding hydrogens is 376 g/mol. The van der Waals surface area contributed by atoms with Gasteiger partial charge in [0, 0.05) is 36.6 Å². The van der Waals surface area contributed by atoms with Crippen molar-refractivity contribution < 1.29 is 8.42 Å². The fourth-order valence-corrected chi connectivity index (χ4v) is 5.61. The summed E-state index contributed by atoms with van der Waals surface area (Å²) in [6.07, 6.45) is 1.05. The molecule has 0 radical (unpaired) electrons. The highest BCUT2D eigenvalue weighted by Gasteiger charge is 2.20. The lowest BCUT2D eigenvalue weighted by Crippen LogP contribution is -2.37. The summed E-state index contributed by atoms with van der Waals surface area (Å²) in [5.41, 5.74) is 3.01. The molecule has 4 nitrogen and oxygen atoms in total. The predicted molar refractivity (Wildman–Crippen MR) is 110 cm³/mol. The van der Waals surface area contributed by atoms with Crippen LogP contribution in [0.2, 0.25) is 0 Å². The maximum Gasteiger partial charge on any atom is 0.241 e. The molecule has 0 aliphatic carbocycles. The van der Waals surface area contributed by atoms with Crippen LogP contribution in [0.15, 0.2) is 70.9 Å². The van der Waals surface area contributed by atoms with Gasteiger partial charge >= 0.3 is 0 Å². The molecule has 1 N–H and O–H groups in total. The average Bonchev–Trinajstić information content (AvgIpc) is 3.16. The van der Waals surface area contributed by atoms with Crippen LogP contribution in [0.5, 0.6) is 0 Å². The molecule has 27 heavy (non-hydrogen) atoms. The predicted octanol–water partition coefficient (Wildman–Crippen LogP) is 3.75. The topological polar surface area (TPSA) is 49.4 Å². The van der Waals surface area contributed by atoms with Gasteiger partial charge in [0.25, 0.3) is 0 Å². The molecule has 0 amide bonds. The van der Waals surface area contributed by atoms with Gasteiger partial charge in [-0.25, -0.2) is 13.1 Å². The Kier molecular flexibility index (Phi) is 5.41. The van der Waals surface area contributed by atoms with Crippen molar-refractivity contribution in [2.75, 3.05) is 19.6 Å². The van der Waals surface area contributed by atoms with E-state index >= 15 is 0 Å². The Morgan fingerprint density at radius 2 is 1.78 bits per heavy atom. The number of nitrogens with one attached hydrogen (secondary N) is 1. The van der Waals surface area contributed by atoms with E-state index in [9.17, 15) is 8.42 Å². The summed E-state index contributed by atoms with van der Waals surface area (Å²) in [7, 11) is -3.56. The highest BCUT2D eigenvalue weighted by Crippen LogP contribution is 2.27. The van der Waals surface area contributed by atoms with E-state index in [2.05, 4.69) is 21.1 Å². The number of hydrogen-bond acceptors (Lipinski definition) is 4. The van der Waals surface area contributed by atoms with E-state index in [-0.39, 0.29) is 0 Å². The molecule has 6 heteroatoms. The van der Waals surface area contributed by atoms with Crippen LogP contribution in [0.3, 0.4) is 0 Å². The van der Waals surface area contributed by atoms with Crippen LogP contribution < -0.4 is 4.72 Å². The Bertz CT molecular complexity index is 1010. The molecule has 0 spiro atoms. The molecule has 1 aromatic heterocycles. The molecule has 3 aromatic rings. The molecule has 0 unspecified atom stereocenters. The summed E-state index contributed by atoms with van der Waals surface area (Å²) in [4.78, 5) is 4.10. The van der Waals surface area contributed by atoms with Gasteiger partial charge in [0.15, 0.2) is 0 Å². The van der Waals surface area contributed by atoms with Crippen molar-refractivity contribution in [1.29, 1.82) is 0 Å². The number of rotatable bonds is 6. The maximum atomic E-state index is 12.9. The molecule has 140 valence electrons. The molecule has 4 rings (SSSR count). The minimum absolute atomic E-state index is 0.329. The Morgan fingerprint density at radius 3 is 2.63 bits per heavy atom. The van der Waals surface area contributed by atoms with Crippen molar-refractivity contribution in [3.05, 3.63) is 76.5 Å². The normalized spacial score (nSPS) is 14.8. The molecule has 0 fully saturated rings. The summed E-state index contributed by atoms with van der Waals surface area (Å²) in [6.45, 7) is 3.00. The van der Waals surface area contributed by atoms with Crippen molar-refractivity contribution in [3.63, 3.8) is 0 Å². The first-order valence-corrected chi connectivity index (χ1v) is 11.4. The van der Waals surface area contributed by atoms with E-state index in [1.54, 1.807) is 12.1 Å². The van der Waals surface area contributed by atoms with Crippen molar-refractivity contribution >= 4 is 21.4 Å². The van der Waals surface area contributed by atoms with E-state index in [0.717, 1.165) is 30.6 Å². The molecule has 0 saturated carbocycles. The fourth-order valence-electron chi connectivity index (χ4n) is 3.47. The Hall–Kier alpha value is -1.99. The van der Waals surface area contributed by atoms with Crippen molar-refractivity contribution in [2.45, 2.75) is 17.9 Å². The molecule has 1 aliphatic heterocycles. The monoisotopic (exact) mass is 398 g/mol. The highest BCUT2D eigenvalue weighted by molar-refractivity contribution is 7.89. The summed E-state index contributed by atoms with van der Waals surface area (Å²) >= 11 is 1.81. The molecule has 0 atom stereocenters. The summed E-state index contributed by atoms with van der Waals surface area (Å²) in [5.74, 6) is 0. The van der Waals surface area contributed by atoms with E-state index < -0.39 is 10.0 Å². The van der Waals surface area contributed by atoms with Gasteiger partial charge in [0.1, 0.15) is 0 Å². The van der Waals surface area contributed by atoms with Crippen molar-refractivity contribution in [2.24, 2.45) is 0 Å². The van der Waals surface area contributed by atoms with Gasteiger partial charge in [0.2, 0.25) is 10.0 Å². The van der Waals surface area contributed by atoms with E-state index in [0.29, 0.717) is 18.0 Å². The summed E-state index contributed by atoms with van der Waals surface area (Å²) < 4.78 is 28.6. The maximum absolute atomic E-state index is 12.9. The average molecular weight is 399 g/mol. The van der Waals surface area contributed by atoms with Crippen LogP contribution >= 0.6 is 11.3 Å². The number of hydrogen-bond donors (Lipinski definition) is 1. The number of sulfonamides is 1. The number of benzene rings is 2.